The zero-order valence-corrected chi connectivity index (χ0v) is 12.4. The molecular formula is C15H19N3O3. The Hall–Kier alpha value is -2.37. The SMILES string of the molecule is CCCC(C)(NC(=O)c1n[nH]c2ccccc12)C(=O)OC. The third-order valence-corrected chi connectivity index (χ3v) is 3.46. The van der Waals surface area contributed by atoms with E-state index in [-0.39, 0.29) is 5.69 Å². The molecule has 0 fully saturated rings. The zero-order chi connectivity index (χ0) is 15.5. The highest BCUT2D eigenvalue weighted by atomic mass is 16.5. The van der Waals surface area contributed by atoms with Crippen LogP contribution in [0.3, 0.4) is 0 Å². The van der Waals surface area contributed by atoms with Crippen molar-refractivity contribution in [1.82, 2.24) is 15.5 Å². The van der Waals surface area contributed by atoms with Gasteiger partial charge in [-0.3, -0.25) is 9.89 Å². The quantitative estimate of drug-likeness (QED) is 0.825. The number of aromatic nitrogens is 2. The van der Waals surface area contributed by atoms with Gasteiger partial charge in [-0.05, 0) is 19.4 Å². The van der Waals surface area contributed by atoms with Crippen molar-refractivity contribution in [2.24, 2.45) is 0 Å². The molecule has 0 aliphatic rings. The predicted octanol–water partition coefficient (Wildman–Crippen LogP) is 2.02. The Morgan fingerprint density at radius 1 is 1.38 bits per heavy atom. The number of hydrogen-bond acceptors (Lipinski definition) is 4. The summed E-state index contributed by atoms with van der Waals surface area (Å²) in [5.41, 5.74) is -0.00423. The van der Waals surface area contributed by atoms with E-state index < -0.39 is 17.4 Å². The van der Waals surface area contributed by atoms with E-state index in [1.165, 1.54) is 7.11 Å². The summed E-state index contributed by atoms with van der Waals surface area (Å²) in [6, 6.07) is 7.34. The Bertz CT molecular complexity index is 665. The van der Waals surface area contributed by atoms with E-state index in [2.05, 4.69) is 15.5 Å². The van der Waals surface area contributed by atoms with Crippen molar-refractivity contribution < 1.29 is 14.3 Å². The van der Waals surface area contributed by atoms with Crippen molar-refractivity contribution in [3.8, 4) is 0 Å². The van der Waals surface area contributed by atoms with Crippen LogP contribution in [0.4, 0.5) is 0 Å². The minimum Gasteiger partial charge on any atom is -0.467 e. The van der Waals surface area contributed by atoms with E-state index in [0.717, 1.165) is 17.3 Å². The number of fused-ring (bicyclic) bond motifs is 1. The molecule has 21 heavy (non-hydrogen) atoms. The van der Waals surface area contributed by atoms with Gasteiger partial charge in [-0.25, -0.2) is 4.79 Å². The lowest BCUT2D eigenvalue weighted by Gasteiger charge is -2.27. The molecule has 0 saturated carbocycles. The van der Waals surface area contributed by atoms with Crippen LogP contribution >= 0.6 is 0 Å². The van der Waals surface area contributed by atoms with Crippen molar-refractivity contribution in [2.75, 3.05) is 7.11 Å². The standard InChI is InChI=1S/C15H19N3O3/c1-4-9-15(2,14(20)21-3)16-13(19)12-10-7-5-6-8-11(10)17-18-12/h5-8H,4,9H2,1-3H3,(H,16,19)(H,17,18). The molecule has 0 spiro atoms. The second-order valence-corrected chi connectivity index (χ2v) is 5.15. The highest BCUT2D eigenvalue weighted by molar-refractivity contribution is 6.06. The maximum atomic E-state index is 12.4. The van der Waals surface area contributed by atoms with Gasteiger partial charge in [0, 0.05) is 5.39 Å². The summed E-state index contributed by atoms with van der Waals surface area (Å²) in [5, 5.41) is 10.3. The van der Waals surface area contributed by atoms with Crippen LogP contribution in [0.5, 0.6) is 0 Å². The fourth-order valence-corrected chi connectivity index (χ4v) is 2.39. The molecule has 0 aliphatic carbocycles. The fourth-order valence-electron chi connectivity index (χ4n) is 2.39. The zero-order valence-electron chi connectivity index (χ0n) is 12.4. The summed E-state index contributed by atoms with van der Waals surface area (Å²) in [6.45, 7) is 3.60. The molecule has 6 heteroatoms. The molecule has 0 saturated heterocycles. The van der Waals surface area contributed by atoms with Crippen molar-refractivity contribution in [3.63, 3.8) is 0 Å². The maximum Gasteiger partial charge on any atom is 0.331 e. The maximum absolute atomic E-state index is 12.4. The monoisotopic (exact) mass is 289 g/mol. The number of rotatable bonds is 5. The molecule has 0 aliphatic heterocycles. The van der Waals surface area contributed by atoms with E-state index in [4.69, 9.17) is 4.74 Å². The van der Waals surface area contributed by atoms with Crippen LogP contribution in [-0.4, -0.2) is 34.7 Å². The molecule has 1 heterocycles. The molecule has 2 aromatic rings. The average Bonchev–Trinajstić information content (AvgIpc) is 2.90. The van der Waals surface area contributed by atoms with Gasteiger partial charge in [0.2, 0.25) is 0 Å². The summed E-state index contributed by atoms with van der Waals surface area (Å²) < 4.78 is 4.79. The lowest BCUT2D eigenvalue weighted by Crippen LogP contribution is -2.52. The number of nitrogens with zero attached hydrogens (tertiary/aromatic N) is 1. The normalized spacial score (nSPS) is 13.7. The largest absolute Gasteiger partial charge is 0.467 e. The number of carbonyl (C=O) groups is 2. The Balaban J connectivity index is 2.29. The third-order valence-electron chi connectivity index (χ3n) is 3.46. The first-order valence-electron chi connectivity index (χ1n) is 6.86. The van der Waals surface area contributed by atoms with Gasteiger partial charge in [0.05, 0.1) is 12.6 Å². The number of aromatic amines is 1. The van der Waals surface area contributed by atoms with E-state index >= 15 is 0 Å². The number of H-pyrrole nitrogens is 1. The Labute approximate surface area is 122 Å². The minimum absolute atomic E-state index is 0.275. The Kier molecular flexibility index (Phi) is 4.26. The van der Waals surface area contributed by atoms with Crippen LogP contribution in [-0.2, 0) is 9.53 Å². The van der Waals surface area contributed by atoms with Crippen molar-refractivity contribution in [1.29, 1.82) is 0 Å². The van der Waals surface area contributed by atoms with Gasteiger partial charge in [0.25, 0.3) is 5.91 Å². The fraction of sp³-hybridized carbons (Fsp3) is 0.400. The number of benzene rings is 1. The summed E-state index contributed by atoms with van der Waals surface area (Å²) in [7, 11) is 1.31. The first kappa shape index (κ1) is 15.0. The average molecular weight is 289 g/mol. The minimum atomic E-state index is -1.05. The predicted molar refractivity (Wildman–Crippen MR) is 78.9 cm³/mol. The van der Waals surface area contributed by atoms with Gasteiger partial charge in [0.1, 0.15) is 5.54 Å². The van der Waals surface area contributed by atoms with Gasteiger partial charge >= 0.3 is 5.97 Å². The van der Waals surface area contributed by atoms with Crippen molar-refractivity contribution in [2.45, 2.75) is 32.2 Å². The van der Waals surface area contributed by atoms with E-state index in [0.29, 0.717) is 6.42 Å². The molecule has 1 aromatic carbocycles. The van der Waals surface area contributed by atoms with E-state index in [1.807, 2.05) is 31.2 Å². The first-order chi connectivity index (χ1) is 10.0. The molecule has 2 N–H and O–H groups in total. The Morgan fingerprint density at radius 2 is 2.10 bits per heavy atom. The van der Waals surface area contributed by atoms with Crippen LogP contribution in [0.25, 0.3) is 10.9 Å². The molecule has 1 amide bonds. The second-order valence-electron chi connectivity index (χ2n) is 5.15. The number of para-hydroxylation sites is 1. The second kappa shape index (κ2) is 5.95. The number of esters is 1. The van der Waals surface area contributed by atoms with Crippen LogP contribution in [0.2, 0.25) is 0 Å². The molecule has 0 bridgehead atoms. The first-order valence-corrected chi connectivity index (χ1v) is 6.86. The number of ether oxygens (including phenoxy) is 1. The smallest absolute Gasteiger partial charge is 0.331 e. The molecule has 2 rings (SSSR count). The van der Waals surface area contributed by atoms with Gasteiger partial charge < -0.3 is 10.1 Å². The summed E-state index contributed by atoms with van der Waals surface area (Å²) in [5.74, 6) is -0.855. The molecule has 0 radical (unpaired) electrons. The molecule has 1 unspecified atom stereocenters. The van der Waals surface area contributed by atoms with Crippen molar-refractivity contribution >= 4 is 22.8 Å². The molecule has 6 nitrogen and oxygen atoms in total. The highest BCUT2D eigenvalue weighted by Crippen LogP contribution is 2.18. The lowest BCUT2D eigenvalue weighted by atomic mass is 9.96. The molecular weight excluding hydrogens is 270 g/mol. The topological polar surface area (TPSA) is 84.1 Å². The molecule has 112 valence electrons. The van der Waals surface area contributed by atoms with E-state index in [9.17, 15) is 9.59 Å². The molecule has 1 atom stereocenters. The van der Waals surface area contributed by atoms with Gasteiger partial charge in [0.15, 0.2) is 5.69 Å². The van der Waals surface area contributed by atoms with Crippen molar-refractivity contribution in [3.05, 3.63) is 30.0 Å². The van der Waals surface area contributed by atoms with Crippen LogP contribution in [0.15, 0.2) is 24.3 Å². The number of amides is 1. The molecule has 1 aromatic heterocycles. The van der Waals surface area contributed by atoms with Crippen LogP contribution in [0.1, 0.15) is 37.2 Å². The summed E-state index contributed by atoms with van der Waals surface area (Å²) in [4.78, 5) is 24.4. The van der Waals surface area contributed by atoms with Gasteiger partial charge in [-0.15, -0.1) is 0 Å². The summed E-state index contributed by atoms with van der Waals surface area (Å²) >= 11 is 0. The number of nitrogens with one attached hydrogen (secondary N) is 2. The number of hydrogen-bond donors (Lipinski definition) is 2. The summed E-state index contributed by atoms with van der Waals surface area (Å²) in [6.07, 6.45) is 1.24. The van der Waals surface area contributed by atoms with Gasteiger partial charge in [-0.1, -0.05) is 31.5 Å². The lowest BCUT2D eigenvalue weighted by molar-refractivity contribution is -0.147. The van der Waals surface area contributed by atoms with Crippen LogP contribution < -0.4 is 5.32 Å². The van der Waals surface area contributed by atoms with Gasteiger partial charge in [-0.2, -0.15) is 5.10 Å². The number of methoxy groups -OCH3 is 1. The third kappa shape index (κ3) is 2.89. The Morgan fingerprint density at radius 3 is 2.76 bits per heavy atom. The highest BCUT2D eigenvalue weighted by Gasteiger charge is 2.36. The number of carbonyl (C=O) groups excluding carboxylic acids is 2. The van der Waals surface area contributed by atoms with E-state index in [1.54, 1.807) is 6.92 Å². The van der Waals surface area contributed by atoms with Crippen LogP contribution in [0, 0.1) is 0 Å².